The van der Waals surface area contributed by atoms with Crippen LogP contribution in [0.1, 0.15) is 23.0 Å². The molecule has 106 valence electrons. The van der Waals surface area contributed by atoms with Crippen LogP contribution in [0.3, 0.4) is 0 Å². The Morgan fingerprint density at radius 3 is 2.86 bits per heavy atom. The van der Waals surface area contributed by atoms with Crippen LogP contribution in [0, 0.1) is 0 Å². The van der Waals surface area contributed by atoms with E-state index in [1.165, 1.54) is 11.1 Å². The number of rotatable bonds is 2. The van der Waals surface area contributed by atoms with Crippen LogP contribution in [0.4, 0.5) is 0 Å². The van der Waals surface area contributed by atoms with E-state index in [1.54, 1.807) is 11.3 Å². The van der Waals surface area contributed by atoms with Crippen LogP contribution >= 0.6 is 11.3 Å². The van der Waals surface area contributed by atoms with E-state index in [4.69, 9.17) is 4.98 Å². The molecule has 0 fully saturated rings. The van der Waals surface area contributed by atoms with Crippen molar-refractivity contribution in [3.63, 3.8) is 0 Å². The maximum absolute atomic E-state index is 4.75. The van der Waals surface area contributed by atoms with Gasteiger partial charge in [-0.2, -0.15) is 5.10 Å². The third-order valence-corrected chi connectivity index (χ3v) is 4.80. The Kier molecular flexibility index (Phi) is 3.09. The molecule has 1 atom stereocenters. The quantitative estimate of drug-likeness (QED) is 0.790. The van der Waals surface area contributed by atoms with Crippen molar-refractivity contribution in [2.24, 2.45) is 7.05 Å². The molecule has 0 spiro atoms. The van der Waals surface area contributed by atoms with Crippen LogP contribution in [-0.2, 0) is 20.0 Å². The molecule has 21 heavy (non-hydrogen) atoms. The molecule has 1 N–H and O–H groups in total. The summed E-state index contributed by atoms with van der Waals surface area (Å²) < 4.78 is 1.90. The van der Waals surface area contributed by atoms with Gasteiger partial charge in [-0.05, 0) is 29.0 Å². The van der Waals surface area contributed by atoms with Gasteiger partial charge in [0.1, 0.15) is 5.82 Å². The number of fused-ring (bicyclic) bond motifs is 1. The Morgan fingerprint density at radius 2 is 2.05 bits per heavy atom. The first-order valence-electron chi connectivity index (χ1n) is 7.06. The second-order valence-corrected chi connectivity index (χ2v) is 6.25. The molecular weight excluding hydrogens is 280 g/mol. The highest BCUT2D eigenvalue weighted by Gasteiger charge is 2.24. The van der Waals surface area contributed by atoms with E-state index in [-0.39, 0.29) is 6.04 Å². The lowest BCUT2D eigenvalue weighted by molar-refractivity contribution is 0.457. The van der Waals surface area contributed by atoms with E-state index in [2.05, 4.69) is 46.1 Å². The van der Waals surface area contributed by atoms with Gasteiger partial charge < -0.3 is 5.32 Å². The molecule has 0 aliphatic carbocycles. The fourth-order valence-corrected chi connectivity index (χ4v) is 3.50. The summed E-state index contributed by atoms with van der Waals surface area (Å²) in [4.78, 5) is 5.87. The minimum absolute atomic E-state index is 0.228. The average Bonchev–Trinajstić information content (AvgIpc) is 3.16. The Hall–Kier alpha value is -1.98. The molecular formula is C16H16N4S. The zero-order valence-electron chi connectivity index (χ0n) is 11.8. The first kappa shape index (κ1) is 12.7. The smallest absolute Gasteiger partial charge is 0.191 e. The standard InChI is InChI=1S/C16H16N4S/c1-20-16(18-15(19-20)14-7-4-8-21-14)13-9-11-5-2-3-6-12(11)10-17-13/h2-8,13,17H,9-10H2,1H3. The lowest BCUT2D eigenvalue weighted by Crippen LogP contribution is -2.30. The number of nitrogens with zero attached hydrogens (tertiary/aromatic N) is 3. The first-order chi connectivity index (χ1) is 10.3. The molecule has 0 saturated heterocycles. The van der Waals surface area contributed by atoms with Crippen LogP contribution in [-0.4, -0.2) is 14.8 Å². The van der Waals surface area contributed by atoms with Gasteiger partial charge in [0.2, 0.25) is 0 Å². The summed E-state index contributed by atoms with van der Waals surface area (Å²) in [5.74, 6) is 1.83. The highest BCUT2D eigenvalue weighted by Crippen LogP contribution is 2.27. The van der Waals surface area contributed by atoms with E-state index in [0.29, 0.717) is 0 Å². The number of thiophene rings is 1. The molecule has 1 aliphatic heterocycles. The van der Waals surface area contributed by atoms with E-state index < -0.39 is 0 Å². The summed E-state index contributed by atoms with van der Waals surface area (Å²) in [5.41, 5.74) is 2.79. The largest absolute Gasteiger partial charge is 0.303 e. The maximum atomic E-state index is 4.75. The fourth-order valence-electron chi connectivity index (χ4n) is 2.85. The van der Waals surface area contributed by atoms with Gasteiger partial charge in [-0.3, -0.25) is 4.68 Å². The first-order valence-corrected chi connectivity index (χ1v) is 7.94. The van der Waals surface area contributed by atoms with Crippen LogP contribution in [0.2, 0.25) is 0 Å². The highest BCUT2D eigenvalue weighted by molar-refractivity contribution is 7.13. The summed E-state index contributed by atoms with van der Waals surface area (Å²) in [7, 11) is 1.97. The third kappa shape index (κ3) is 2.28. The summed E-state index contributed by atoms with van der Waals surface area (Å²) in [5, 5.41) is 10.2. The fraction of sp³-hybridized carbons (Fsp3) is 0.250. The van der Waals surface area contributed by atoms with Gasteiger partial charge in [0.05, 0.1) is 10.9 Å². The molecule has 0 radical (unpaired) electrons. The molecule has 4 nitrogen and oxygen atoms in total. The zero-order chi connectivity index (χ0) is 14.2. The Labute approximate surface area is 127 Å². The van der Waals surface area contributed by atoms with Crippen molar-refractivity contribution in [1.29, 1.82) is 0 Å². The Morgan fingerprint density at radius 1 is 1.19 bits per heavy atom. The summed E-state index contributed by atoms with van der Waals surface area (Å²) >= 11 is 1.67. The van der Waals surface area contributed by atoms with Gasteiger partial charge in [0.15, 0.2) is 5.82 Å². The highest BCUT2D eigenvalue weighted by atomic mass is 32.1. The molecule has 3 heterocycles. The van der Waals surface area contributed by atoms with Crippen LogP contribution in [0.5, 0.6) is 0 Å². The van der Waals surface area contributed by atoms with Crippen molar-refractivity contribution >= 4 is 11.3 Å². The van der Waals surface area contributed by atoms with Crippen molar-refractivity contribution in [3.05, 3.63) is 58.7 Å². The van der Waals surface area contributed by atoms with Gasteiger partial charge in [-0.25, -0.2) is 4.98 Å². The zero-order valence-corrected chi connectivity index (χ0v) is 12.6. The second kappa shape index (κ2) is 5.09. The molecule has 0 bridgehead atoms. The number of aromatic nitrogens is 3. The van der Waals surface area contributed by atoms with E-state index in [1.807, 2.05) is 17.8 Å². The van der Waals surface area contributed by atoms with Crippen molar-refractivity contribution in [1.82, 2.24) is 20.1 Å². The van der Waals surface area contributed by atoms with Crippen molar-refractivity contribution in [3.8, 4) is 10.7 Å². The molecule has 1 aliphatic rings. The molecule has 2 aromatic heterocycles. The molecule has 4 rings (SSSR count). The molecule has 1 unspecified atom stereocenters. The van der Waals surface area contributed by atoms with Crippen LogP contribution in [0.15, 0.2) is 41.8 Å². The van der Waals surface area contributed by atoms with E-state index in [0.717, 1.165) is 29.5 Å². The molecule has 0 amide bonds. The monoisotopic (exact) mass is 296 g/mol. The van der Waals surface area contributed by atoms with Crippen LogP contribution < -0.4 is 5.32 Å². The predicted octanol–water partition coefficient (Wildman–Crippen LogP) is 2.93. The molecule has 3 aromatic rings. The van der Waals surface area contributed by atoms with Gasteiger partial charge in [-0.15, -0.1) is 11.3 Å². The van der Waals surface area contributed by atoms with E-state index >= 15 is 0 Å². The van der Waals surface area contributed by atoms with Crippen molar-refractivity contribution in [2.75, 3.05) is 0 Å². The summed E-state index contributed by atoms with van der Waals surface area (Å²) in [6, 6.07) is 12.9. The van der Waals surface area contributed by atoms with Gasteiger partial charge in [0, 0.05) is 13.6 Å². The minimum atomic E-state index is 0.228. The molecule has 1 aromatic carbocycles. The lowest BCUT2D eigenvalue weighted by Gasteiger charge is -2.25. The van der Waals surface area contributed by atoms with Crippen molar-refractivity contribution < 1.29 is 0 Å². The number of nitrogens with one attached hydrogen (secondary N) is 1. The number of aryl methyl sites for hydroxylation is 1. The predicted molar refractivity (Wildman–Crippen MR) is 84.0 cm³/mol. The number of hydrogen-bond acceptors (Lipinski definition) is 4. The number of benzene rings is 1. The lowest BCUT2D eigenvalue weighted by atomic mass is 9.95. The number of hydrogen-bond donors (Lipinski definition) is 1. The minimum Gasteiger partial charge on any atom is -0.303 e. The summed E-state index contributed by atoms with van der Waals surface area (Å²) in [6.07, 6.45) is 0.965. The summed E-state index contributed by atoms with van der Waals surface area (Å²) in [6.45, 7) is 0.891. The third-order valence-electron chi connectivity index (χ3n) is 3.93. The average molecular weight is 296 g/mol. The second-order valence-electron chi connectivity index (χ2n) is 5.30. The van der Waals surface area contributed by atoms with Crippen LogP contribution in [0.25, 0.3) is 10.7 Å². The Bertz CT molecular complexity index is 760. The topological polar surface area (TPSA) is 42.7 Å². The molecule has 0 saturated carbocycles. The molecule has 5 heteroatoms. The normalized spacial score (nSPS) is 17.7. The van der Waals surface area contributed by atoms with Gasteiger partial charge in [-0.1, -0.05) is 30.3 Å². The van der Waals surface area contributed by atoms with Crippen molar-refractivity contribution in [2.45, 2.75) is 19.0 Å². The van der Waals surface area contributed by atoms with Gasteiger partial charge in [0.25, 0.3) is 0 Å². The Balaban J connectivity index is 1.66. The SMILES string of the molecule is Cn1nc(-c2cccs2)nc1C1Cc2ccccc2CN1. The maximum Gasteiger partial charge on any atom is 0.191 e. The van der Waals surface area contributed by atoms with Gasteiger partial charge >= 0.3 is 0 Å². The van der Waals surface area contributed by atoms with E-state index in [9.17, 15) is 0 Å².